The van der Waals surface area contributed by atoms with E-state index >= 15 is 0 Å². The molecule has 2 saturated heterocycles. The van der Waals surface area contributed by atoms with Crippen LogP contribution in [0.25, 0.3) is 0 Å². The van der Waals surface area contributed by atoms with Crippen LogP contribution in [0.5, 0.6) is 0 Å². The van der Waals surface area contributed by atoms with E-state index in [-0.39, 0.29) is 17.4 Å². The molecule has 1 amide bonds. The summed E-state index contributed by atoms with van der Waals surface area (Å²) in [6.07, 6.45) is 0. The second-order valence-corrected chi connectivity index (χ2v) is 8.01. The third kappa shape index (κ3) is 4.61. The van der Waals surface area contributed by atoms with Gasteiger partial charge in [0.05, 0.1) is 4.92 Å². The van der Waals surface area contributed by atoms with Gasteiger partial charge in [-0.1, -0.05) is 0 Å². The second kappa shape index (κ2) is 8.89. The number of halogens is 1. The predicted octanol–water partition coefficient (Wildman–Crippen LogP) is 2.45. The normalized spacial score (nSPS) is 17.7. The molecule has 164 valence electrons. The number of likely N-dealkylation sites (N-methyl/N-ethyl adjacent to an activating group) is 1. The molecule has 0 atom stereocenters. The SMILES string of the molecule is CN1CCN(c2ccc(C(=O)N3CCN(c4ccc(F)cc4)CC3)cc2[N+](=O)[O-])CC1. The molecule has 0 spiro atoms. The van der Waals surface area contributed by atoms with Crippen LogP contribution >= 0.6 is 0 Å². The third-order valence-corrected chi connectivity index (χ3v) is 6.02. The molecule has 0 aliphatic carbocycles. The lowest BCUT2D eigenvalue weighted by molar-refractivity contribution is -0.384. The van der Waals surface area contributed by atoms with Gasteiger partial charge in [0.1, 0.15) is 11.5 Å². The van der Waals surface area contributed by atoms with Crippen molar-refractivity contribution in [1.29, 1.82) is 0 Å². The largest absolute Gasteiger partial charge is 0.368 e. The molecular formula is C22H26FN5O3. The highest BCUT2D eigenvalue weighted by molar-refractivity contribution is 5.96. The van der Waals surface area contributed by atoms with E-state index in [4.69, 9.17) is 0 Å². The van der Waals surface area contributed by atoms with Gasteiger partial charge in [0.2, 0.25) is 0 Å². The van der Waals surface area contributed by atoms with Crippen LogP contribution in [0.15, 0.2) is 42.5 Å². The number of piperazine rings is 2. The highest BCUT2D eigenvalue weighted by Crippen LogP contribution is 2.30. The molecule has 8 nitrogen and oxygen atoms in total. The number of carbonyl (C=O) groups is 1. The Hall–Kier alpha value is -3.20. The zero-order chi connectivity index (χ0) is 22.0. The molecule has 0 saturated carbocycles. The lowest BCUT2D eigenvalue weighted by atomic mass is 10.1. The van der Waals surface area contributed by atoms with Crippen molar-refractivity contribution in [3.05, 3.63) is 64.0 Å². The van der Waals surface area contributed by atoms with Crippen LogP contribution in [0.3, 0.4) is 0 Å². The van der Waals surface area contributed by atoms with Crippen molar-refractivity contribution in [2.75, 3.05) is 69.2 Å². The minimum absolute atomic E-state index is 0.0275. The Morgan fingerprint density at radius 1 is 0.903 bits per heavy atom. The van der Waals surface area contributed by atoms with E-state index < -0.39 is 4.92 Å². The molecule has 2 aliphatic heterocycles. The van der Waals surface area contributed by atoms with Crippen LogP contribution < -0.4 is 9.80 Å². The zero-order valence-corrected chi connectivity index (χ0v) is 17.5. The van der Waals surface area contributed by atoms with Crippen molar-refractivity contribution in [3.63, 3.8) is 0 Å². The van der Waals surface area contributed by atoms with Crippen LogP contribution in [-0.2, 0) is 0 Å². The zero-order valence-electron chi connectivity index (χ0n) is 17.5. The quantitative estimate of drug-likeness (QED) is 0.551. The van der Waals surface area contributed by atoms with Crippen molar-refractivity contribution in [2.24, 2.45) is 0 Å². The molecule has 2 aromatic rings. The van der Waals surface area contributed by atoms with Crippen molar-refractivity contribution >= 4 is 23.0 Å². The van der Waals surface area contributed by atoms with Gasteiger partial charge in [-0.15, -0.1) is 0 Å². The smallest absolute Gasteiger partial charge is 0.293 e. The molecule has 0 radical (unpaired) electrons. The highest BCUT2D eigenvalue weighted by Gasteiger charge is 2.27. The molecule has 0 N–H and O–H groups in total. The first kappa shape index (κ1) is 21.0. The van der Waals surface area contributed by atoms with Crippen molar-refractivity contribution in [1.82, 2.24) is 9.80 Å². The Morgan fingerprint density at radius 3 is 2.13 bits per heavy atom. The molecule has 9 heteroatoms. The molecule has 2 aliphatic rings. The summed E-state index contributed by atoms with van der Waals surface area (Å²) >= 11 is 0. The Balaban J connectivity index is 1.45. The monoisotopic (exact) mass is 427 g/mol. The molecule has 0 unspecified atom stereocenters. The lowest BCUT2D eigenvalue weighted by Crippen LogP contribution is -2.48. The summed E-state index contributed by atoms with van der Waals surface area (Å²) in [5.74, 6) is -0.481. The van der Waals surface area contributed by atoms with E-state index in [1.807, 2.05) is 11.9 Å². The number of nitro groups is 1. The van der Waals surface area contributed by atoms with Crippen LogP contribution in [0.2, 0.25) is 0 Å². The lowest BCUT2D eigenvalue weighted by Gasteiger charge is -2.36. The number of carbonyl (C=O) groups excluding carboxylic acids is 1. The van der Waals surface area contributed by atoms with E-state index in [9.17, 15) is 19.3 Å². The number of amides is 1. The van der Waals surface area contributed by atoms with Gasteiger partial charge >= 0.3 is 0 Å². The highest BCUT2D eigenvalue weighted by atomic mass is 19.1. The minimum Gasteiger partial charge on any atom is -0.368 e. The molecule has 0 bridgehead atoms. The van der Waals surface area contributed by atoms with E-state index in [0.717, 1.165) is 31.9 Å². The number of hydrogen-bond donors (Lipinski definition) is 0. The molecule has 4 rings (SSSR count). The fourth-order valence-electron chi connectivity index (χ4n) is 4.12. The molecule has 31 heavy (non-hydrogen) atoms. The molecule has 2 heterocycles. The Bertz CT molecular complexity index is 952. The molecular weight excluding hydrogens is 401 g/mol. The van der Waals surface area contributed by atoms with Gasteiger partial charge in [-0.05, 0) is 43.4 Å². The van der Waals surface area contributed by atoms with Crippen molar-refractivity contribution in [3.8, 4) is 0 Å². The summed E-state index contributed by atoms with van der Waals surface area (Å²) in [5, 5.41) is 11.7. The summed E-state index contributed by atoms with van der Waals surface area (Å²) in [5.41, 5.74) is 1.79. The summed E-state index contributed by atoms with van der Waals surface area (Å²) in [6, 6.07) is 11.1. The number of hydrogen-bond acceptors (Lipinski definition) is 6. The summed E-state index contributed by atoms with van der Waals surface area (Å²) in [6.45, 7) is 5.38. The van der Waals surface area contributed by atoms with Gasteiger partial charge in [-0.3, -0.25) is 14.9 Å². The minimum atomic E-state index is -0.406. The molecule has 2 fully saturated rings. The van der Waals surface area contributed by atoms with E-state index in [1.165, 1.54) is 18.2 Å². The predicted molar refractivity (Wildman–Crippen MR) is 117 cm³/mol. The average molecular weight is 427 g/mol. The average Bonchev–Trinajstić information content (AvgIpc) is 2.79. The van der Waals surface area contributed by atoms with E-state index in [1.54, 1.807) is 29.2 Å². The maximum atomic E-state index is 13.1. The first-order valence-electron chi connectivity index (χ1n) is 10.4. The maximum Gasteiger partial charge on any atom is 0.293 e. The van der Waals surface area contributed by atoms with E-state index in [2.05, 4.69) is 9.80 Å². The number of rotatable bonds is 4. The van der Waals surface area contributed by atoms with E-state index in [0.29, 0.717) is 37.4 Å². The first-order valence-corrected chi connectivity index (χ1v) is 10.4. The van der Waals surface area contributed by atoms with Crippen LogP contribution in [0.1, 0.15) is 10.4 Å². The number of benzene rings is 2. The fourth-order valence-corrected chi connectivity index (χ4v) is 4.12. The van der Waals surface area contributed by atoms with Gasteiger partial charge in [-0.25, -0.2) is 4.39 Å². The molecule has 2 aromatic carbocycles. The van der Waals surface area contributed by atoms with Gasteiger partial charge in [-0.2, -0.15) is 0 Å². The molecule has 0 aromatic heterocycles. The summed E-state index contributed by atoms with van der Waals surface area (Å²) < 4.78 is 13.1. The van der Waals surface area contributed by atoms with Crippen LogP contribution in [0, 0.1) is 15.9 Å². The van der Waals surface area contributed by atoms with Crippen molar-refractivity contribution in [2.45, 2.75) is 0 Å². The summed E-state index contributed by atoms with van der Waals surface area (Å²) in [7, 11) is 2.03. The topological polar surface area (TPSA) is 73.2 Å². The van der Waals surface area contributed by atoms with Gasteiger partial charge in [0, 0.05) is 69.7 Å². The Kier molecular flexibility index (Phi) is 6.03. The fraction of sp³-hybridized carbons (Fsp3) is 0.409. The standard InChI is InChI=1S/C22H26FN5O3/c1-24-8-10-26(11-9-24)20-7-2-17(16-21(20)28(30)31)22(29)27-14-12-25(13-15-27)19-5-3-18(23)4-6-19/h2-7,16H,8-15H2,1H3. The van der Waals surface area contributed by atoms with Crippen LogP contribution in [0.4, 0.5) is 21.5 Å². The van der Waals surface area contributed by atoms with Crippen molar-refractivity contribution < 1.29 is 14.1 Å². The second-order valence-electron chi connectivity index (χ2n) is 8.01. The third-order valence-electron chi connectivity index (χ3n) is 6.02. The van der Waals surface area contributed by atoms with Crippen LogP contribution in [-0.4, -0.2) is 80.0 Å². The van der Waals surface area contributed by atoms with Gasteiger partial charge in [0.15, 0.2) is 0 Å². The Labute approximate surface area is 180 Å². The Morgan fingerprint density at radius 2 is 1.52 bits per heavy atom. The summed E-state index contributed by atoms with van der Waals surface area (Å²) in [4.78, 5) is 32.3. The van der Waals surface area contributed by atoms with Gasteiger partial charge < -0.3 is 19.6 Å². The number of anilines is 2. The first-order chi connectivity index (χ1) is 14.9. The van der Waals surface area contributed by atoms with Gasteiger partial charge in [0.25, 0.3) is 11.6 Å². The number of nitro benzene ring substituents is 1. The maximum absolute atomic E-state index is 13.1. The number of nitrogens with zero attached hydrogens (tertiary/aromatic N) is 5.